The van der Waals surface area contributed by atoms with Gasteiger partial charge in [-0.3, -0.25) is 5.10 Å². The predicted molar refractivity (Wildman–Crippen MR) is 55.3 cm³/mol. The third-order valence-corrected chi connectivity index (χ3v) is 2.19. The third kappa shape index (κ3) is 1.48. The summed E-state index contributed by atoms with van der Waals surface area (Å²) in [6.07, 6.45) is 1.81. The number of nitrogens with one attached hydrogen (secondary N) is 1. The van der Waals surface area contributed by atoms with Crippen LogP contribution in [-0.2, 0) is 0 Å². The lowest BCUT2D eigenvalue weighted by atomic mass is 10.1. The number of aryl methyl sites for hydroxylation is 1. The van der Waals surface area contributed by atoms with E-state index in [0.717, 1.165) is 22.6 Å². The third-order valence-electron chi connectivity index (χ3n) is 2.19. The number of aromatic nitrogens is 2. The van der Waals surface area contributed by atoms with E-state index < -0.39 is 0 Å². The molecule has 0 spiro atoms. The van der Waals surface area contributed by atoms with Crippen molar-refractivity contribution in [1.29, 1.82) is 0 Å². The van der Waals surface area contributed by atoms with Crippen LogP contribution in [0.15, 0.2) is 30.5 Å². The van der Waals surface area contributed by atoms with Gasteiger partial charge in [0.2, 0.25) is 0 Å². The molecule has 1 heterocycles. The van der Waals surface area contributed by atoms with Crippen LogP contribution in [0, 0.1) is 6.92 Å². The quantitative estimate of drug-likeness (QED) is 0.785. The lowest BCUT2D eigenvalue weighted by molar-refractivity contribution is 0.412. The van der Waals surface area contributed by atoms with E-state index in [-0.39, 0.29) is 0 Å². The number of nitrogens with zero attached hydrogens (tertiary/aromatic N) is 1. The Kier molecular flexibility index (Phi) is 2.23. The van der Waals surface area contributed by atoms with Crippen molar-refractivity contribution in [1.82, 2.24) is 10.2 Å². The summed E-state index contributed by atoms with van der Waals surface area (Å²) in [4.78, 5) is 0. The minimum atomic E-state index is 0.907. The highest BCUT2D eigenvalue weighted by atomic mass is 16.5. The molecular weight excluding hydrogens is 176 g/mol. The van der Waals surface area contributed by atoms with Crippen LogP contribution in [0.2, 0.25) is 0 Å². The fraction of sp³-hybridized carbons (Fsp3) is 0.182. The molecule has 14 heavy (non-hydrogen) atoms. The van der Waals surface area contributed by atoms with Gasteiger partial charge in [-0.15, -0.1) is 0 Å². The Labute approximate surface area is 82.7 Å². The average molecular weight is 188 g/mol. The number of methoxy groups -OCH3 is 1. The molecule has 72 valence electrons. The zero-order valence-electron chi connectivity index (χ0n) is 8.24. The Morgan fingerprint density at radius 1 is 1.29 bits per heavy atom. The number of benzene rings is 1. The number of hydrogen-bond acceptors (Lipinski definition) is 2. The SMILES string of the molecule is COc1ccc(-c2cc[nH]n2)cc1C. The van der Waals surface area contributed by atoms with Crippen molar-refractivity contribution in [3.05, 3.63) is 36.0 Å². The standard InChI is InChI=1S/C11H12N2O/c1-8-7-9(3-4-11(8)14-2)10-5-6-12-13-10/h3-7H,1-2H3,(H,12,13). The Morgan fingerprint density at radius 3 is 2.71 bits per heavy atom. The Balaban J connectivity index is 2.43. The van der Waals surface area contributed by atoms with Crippen LogP contribution < -0.4 is 4.74 Å². The summed E-state index contributed by atoms with van der Waals surface area (Å²) < 4.78 is 5.19. The highest BCUT2D eigenvalue weighted by Crippen LogP contribution is 2.24. The van der Waals surface area contributed by atoms with Crippen molar-refractivity contribution >= 4 is 0 Å². The number of ether oxygens (including phenoxy) is 1. The van der Waals surface area contributed by atoms with Crippen LogP contribution >= 0.6 is 0 Å². The first-order valence-electron chi connectivity index (χ1n) is 4.46. The molecule has 0 saturated heterocycles. The minimum absolute atomic E-state index is 0.907. The second-order valence-corrected chi connectivity index (χ2v) is 3.14. The predicted octanol–water partition coefficient (Wildman–Crippen LogP) is 2.39. The molecule has 0 amide bonds. The maximum atomic E-state index is 5.19. The largest absolute Gasteiger partial charge is 0.496 e. The van der Waals surface area contributed by atoms with Crippen LogP contribution in [0.4, 0.5) is 0 Å². The van der Waals surface area contributed by atoms with E-state index in [2.05, 4.69) is 16.3 Å². The van der Waals surface area contributed by atoms with E-state index in [1.165, 1.54) is 0 Å². The summed E-state index contributed by atoms with van der Waals surface area (Å²) >= 11 is 0. The van der Waals surface area contributed by atoms with Gasteiger partial charge in [0.25, 0.3) is 0 Å². The smallest absolute Gasteiger partial charge is 0.121 e. The van der Waals surface area contributed by atoms with E-state index in [9.17, 15) is 0 Å². The van der Waals surface area contributed by atoms with Crippen molar-refractivity contribution in [3.63, 3.8) is 0 Å². The zero-order valence-corrected chi connectivity index (χ0v) is 8.24. The molecule has 0 unspecified atom stereocenters. The molecule has 0 bridgehead atoms. The molecule has 0 fully saturated rings. The summed E-state index contributed by atoms with van der Waals surface area (Å²) in [5.74, 6) is 0.907. The highest BCUT2D eigenvalue weighted by molar-refractivity contribution is 5.61. The van der Waals surface area contributed by atoms with Gasteiger partial charge in [0.1, 0.15) is 5.75 Å². The van der Waals surface area contributed by atoms with Gasteiger partial charge in [-0.05, 0) is 36.8 Å². The Hall–Kier alpha value is -1.77. The van der Waals surface area contributed by atoms with Gasteiger partial charge in [-0.25, -0.2) is 0 Å². The summed E-state index contributed by atoms with van der Waals surface area (Å²) in [7, 11) is 1.68. The van der Waals surface area contributed by atoms with Gasteiger partial charge in [0.15, 0.2) is 0 Å². The molecule has 0 aliphatic carbocycles. The second-order valence-electron chi connectivity index (χ2n) is 3.14. The highest BCUT2D eigenvalue weighted by Gasteiger charge is 2.02. The fourth-order valence-electron chi connectivity index (χ4n) is 1.46. The first-order valence-corrected chi connectivity index (χ1v) is 4.46. The van der Waals surface area contributed by atoms with Crippen LogP contribution in [0.3, 0.4) is 0 Å². The number of H-pyrrole nitrogens is 1. The van der Waals surface area contributed by atoms with Crippen LogP contribution in [0.5, 0.6) is 5.75 Å². The van der Waals surface area contributed by atoms with Crippen LogP contribution in [-0.4, -0.2) is 17.3 Å². The van der Waals surface area contributed by atoms with Crippen LogP contribution in [0.25, 0.3) is 11.3 Å². The van der Waals surface area contributed by atoms with E-state index in [1.807, 2.05) is 31.3 Å². The summed E-state index contributed by atoms with van der Waals surface area (Å²) in [6, 6.07) is 7.97. The molecule has 0 aliphatic heterocycles. The maximum Gasteiger partial charge on any atom is 0.121 e. The Morgan fingerprint density at radius 2 is 2.14 bits per heavy atom. The van der Waals surface area contributed by atoms with Gasteiger partial charge in [-0.1, -0.05) is 0 Å². The Bertz CT molecular complexity index is 421. The first-order chi connectivity index (χ1) is 6.81. The number of hydrogen-bond donors (Lipinski definition) is 1. The molecule has 3 nitrogen and oxygen atoms in total. The van der Waals surface area contributed by atoms with E-state index in [4.69, 9.17) is 4.74 Å². The van der Waals surface area contributed by atoms with E-state index in [1.54, 1.807) is 7.11 Å². The average Bonchev–Trinajstić information content (AvgIpc) is 2.70. The lowest BCUT2D eigenvalue weighted by Crippen LogP contribution is -1.87. The zero-order chi connectivity index (χ0) is 9.97. The van der Waals surface area contributed by atoms with Crippen molar-refractivity contribution in [2.45, 2.75) is 6.92 Å². The monoisotopic (exact) mass is 188 g/mol. The topological polar surface area (TPSA) is 37.9 Å². The van der Waals surface area contributed by atoms with Crippen molar-refractivity contribution in [3.8, 4) is 17.0 Å². The first kappa shape index (κ1) is 8.81. The van der Waals surface area contributed by atoms with E-state index in [0.29, 0.717) is 0 Å². The number of aromatic amines is 1. The molecule has 2 rings (SSSR count). The van der Waals surface area contributed by atoms with Gasteiger partial charge >= 0.3 is 0 Å². The van der Waals surface area contributed by atoms with Crippen LogP contribution in [0.1, 0.15) is 5.56 Å². The summed E-state index contributed by atoms with van der Waals surface area (Å²) in [6.45, 7) is 2.02. The van der Waals surface area contributed by atoms with Crippen molar-refractivity contribution < 1.29 is 4.74 Å². The van der Waals surface area contributed by atoms with E-state index >= 15 is 0 Å². The molecule has 0 saturated carbocycles. The van der Waals surface area contributed by atoms with Crippen molar-refractivity contribution in [2.75, 3.05) is 7.11 Å². The summed E-state index contributed by atoms with van der Waals surface area (Å²) in [5.41, 5.74) is 3.17. The molecule has 0 aliphatic rings. The molecule has 2 aromatic rings. The molecule has 3 heteroatoms. The van der Waals surface area contributed by atoms with Gasteiger partial charge in [0, 0.05) is 11.8 Å². The molecule has 1 aromatic heterocycles. The fourth-order valence-corrected chi connectivity index (χ4v) is 1.46. The molecule has 0 radical (unpaired) electrons. The lowest BCUT2D eigenvalue weighted by Gasteiger charge is -2.05. The molecule has 1 N–H and O–H groups in total. The van der Waals surface area contributed by atoms with Gasteiger partial charge in [-0.2, -0.15) is 5.10 Å². The van der Waals surface area contributed by atoms with Crippen molar-refractivity contribution in [2.24, 2.45) is 0 Å². The minimum Gasteiger partial charge on any atom is -0.496 e. The maximum absolute atomic E-state index is 5.19. The van der Waals surface area contributed by atoms with Gasteiger partial charge in [0.05, 0.1) is 12.8 Å². The number of rotatable bonds is 2. The normalized spacial score (nSPS) is 10.1. The molecule has 1 aromatic carbocycles. The molecule has 0 atom stereocenters. The second kappa shape index (κ2) is 3.54. The van der Waals surface area contributed by atoms with Gasteiger partial charge < -0.3 is 4.74 Å². The molecular formula is C11H12N2O. The summed E-state index contributed by atoms with van der Waals surface area (Å²) in [5, 5.41) is 6.91.